The van der Waals surface area contributed by atoms with Gasteiger partial charge in [-0.25, -0.2) is 4.39 Å². The fourth-order valence-corrected chi connectivity index (χ4v) is 4.64. The molecule has 178 valence electrons. The first-order valence-corrected chi connectivity index (χ1v) is 11.3. The van der Waals surface area contributed by atoms with Crippen LogP contribution in [0.25, 0.3) is 0 Å². The molecule has 1 fully saturated rings. The van der Waals surface area contributed by atoms with Crippen LogP contribution in [-0.2, 0) is 23.9 Å². The summed E-state index contributed by atoms with van der Waals surface area (Å²) in [7, 11) is 0. The third kappa shape index (κ3) is 5.28. The minimum atomic E-state index is -1.04. The molecule has 1 aliphatic heterocycles. The summed E-state index contributed by atoms with van der Waals surface area (Å²) in [5.74, 6) is -1.68. The molecule has 0 aromatic heterocycles. The van der Waals surface area contributed by atoms with Crippen molar-refractivity contribution < 1.29 is 28.2 Å². The molecule has 0 spiro atoms. The molecule has 1 amide bonds. The smallest absolute Gasteiger partial charge is 0.317 e. The second kappa shape index (κ2) is 10.9. The number of carbonyl (C=O) groups is 3. The Morgan fingerprint density at radius 2 is 1.81 bits per heavy atom. The van der Waals surface area contributed by atoms with Gasteiger partial charge in [0.05, 0.1) is 17.5 Å². The quantitative estimate of drug-likeness (QED) is 0.453. The van der Waals surface area contributed by atoms with E-state index in [9.17, 15) is 18.8 Å². The first kappa shape index (κ1) is 25.8. The molecule has 1 aromatic rings. The molecule has 0 radical (unpaired) electrons. The molecule has 2 rings (SSSR count). The van der Waals surface area contributed by atoms with Crippen LogP contribution >= 0.6 is 0 Å². The molecule has 0 aliphatic carbocycles. The van der Waals surface area contributed by atoms with Crippen LogP contribution in [0.1, 0.15) is 78.3 Å². The van der Waals surface area contributed by atoms with E-state index in [1.165, 1.54) is 19.1 Å². The summed E-state index contributed by atoms with van der Waals surface area (Å²) in [6.07, 6.45) is 1.08. The first-order chi connectivity index (χ1) is 15.1. The van der Waals surface area contributed by atoms with E-state index in [0.29, 0.717) is 31.2 Å². The van der Waals surface area contributed by atoms with Crippen LogP contribution in [0.2, 0.25) is 0 Å². The zero-order chi connectivity index (χ0) is 24.1. The van der Waals surface area contributed by atoms with Gasteiger partial charge in [0, 0.05) is 19.4 Å². The Labute approximate surface area is 189 Å². The van der Waals surface area contributed by atoms with Crippen molar-refractivity contribution in [3.05, 3.63) is 35.6 Å². The van der Waals surface area contributed by atoms with E-state index < -0.39 is 41.8 Å². The fraction of sp³-hybridized carbons (Fsp3) is 0.625. The standard InChI is InChI=1S/C24H35FN2O5/c1-6-21(28)31-16(5)32-23(30)24(7-2,8-3)20-13-12-19(27(20)22(29)15(4)26)17-10-9-11-18(25)14-17/h9-11,14-16,19-20H,6-8,12-13,26H2,1-5H3/t15-,16?,19+,20-/m1/s1. The largest absolute Gasteiger partial charge is 0.425 e. The number of esters is 2. The minimum absolute atomic E-state index is 0.170. The summed E-state index contributed by atoms with van der Waals surface area (Å²) in [5, 5.41) is 0. The molecular weight excluding hydrogens is 415 g/mol. The monoisotopic (exact) mass is 450 g/mol. The van der Waals surface area contributed by atoms with E-state index in [4.69, 9.17) is 15.2 Å². The molecule has 0 saturated carbocycles. The number of likely N-dealkylation sites (tertiary alicyclic amines) is 1. The van der Waals surface area contributed by atoms with Gasteiger partial charge in [-0.3, -0.25) is 14.4 Å². The van der Waals surface area contributed by atoms with Gasteiger partial charge < -0.3 is 20.1 Å². The molecule has 1 heterocycles. The maximum Gasteiger partial charge on any atom is 0.317 e. The van der Waals surface area contributed by atoms with Gasteiger partial charge in [-0.2, -0.15) is 0 Å². The van der Waals surface area contributed by atoms with Crippen LogP contribution in [0.15, 0.2) is 24.3 Å². The number of hydrogen-bond donors (Lipinski definition) is 1. The number of nitrogens with two attached hydrogens (primary N) is 1. The van der Waals surface area contributed by atoms with Crippen LogP contribution in [-0.4, -0.2) is 41.1 Å². The maximum atomic E-state index is 13.9. The minimum Gasteiger partial charge on any atom is -0.425 e. The van der Waals surface area contributed by atoms with Crippen molar-refractivity contribution in [2.24, 2.45) is 11.1 Å². The average Bonchev–Trinajstić information content (AvgIpc) is 3.19. The van der Waals surface area contributed by atoms with Crippen LogP contribution in [0.4, 0.5) is 4.39 Å². The number of benzene rings is 1. The predicted molar refractivity (Wildman–Crippen MR) is 118 cm³/mol. The molecule has 1 unspecified atom stereocenters. The molecule has 1 saturated heterocycles. The summed E-state index contributed by atoms with van der Waals surface area (Å²) in [5.41, 5.74) is 5.62. The molecule has 2 N–H and O–H groups in total. The number of nitrogens with zero attached hydrogens (tertiary/aromatic N) is 1. The van der Waals surface area contributed by atoms with Crippen molar-refractivity contribution in [3.63, 3.8) is 0 Å². The van der Waals surface area contributed by atoms with Crippen molar-refractivity contribution >= 4 is 17.8 Å². The van der Waals surface area contributed by atoms with Crippen molar-refractivity contribution in [1.29, 1.82) is 0 Å². The normalized spacial score (nSPS) is 20.5. The van der Waals surface area contributed by atoms with E-state index in [2.05, 4.69) is 0 Å². The molecule has 0 bridgehead atoms. The van der Waals surface area contributed by atoms with Gasteiger partial charge >= 0.3 is 11.9 Å². The predicted octanol–water partition coefficient (Wildman–Crippen LogP) is 3.85. The van der Waals surface area contributed by atoms with Crippen LogP contribution in [0, 0.1) is 11.2 Å². The lowest BCUT2D eigenvalue weighted by Crippen LogP contribution is -2.55. The maximum absolute atomic E-state index is 13.9. The van der Waals surface area contributed by atoms with Gasteiger partial charge in [0.1, 0.15) is 5.82 Å². The Bertz CT molecular complexity index is 824. The van der Waals surface area contributed by atoms with Gasteiger partial charge in [0.25, 0.3) is 0 Å². The van der Waals surface area contributed by atoms with Crippen molar-refractivity contribution in [2.75, 3.05) is 0 Å². The lowest BCUT2D eigenvalue weighted by Gasteiger charge is -2.42. The molecule has 1 aromatic carbocycles. The number of halogens is 1. The van der Waals surface area contributed by atoms with Crippen LogP contribution in [0.5, 0.6) is 0 Å². The summed E-state index contributed by atoms with van der Waals surface area (Å²) >= 11 is 0. The Morgan fingerprint density at radius 1 is 1.16 bits per heavy atom. The molecule has 8 heteroatoms. The SMILES string of the molecule is CCC(=O)OC(C)OC(=O)C(CC)(CC)[C@H]1CC[C@@H](c2cccc(F)c2)N1C(=O)[C@@H](C)N. The van der Waals surface area contributed by atoms with E-state index >= 15 is 0 Å². The number of hydrogen-bond acceptors (Lipinski definition) is 6. The average molecular weight is 451 g/mol. The molecule has 1 aliphatic rings. The van der Waals surface area contributed by atoms with E-state index in [0.717, 1.165) is 0 Å². The zero-order valence-corrected chi connectivity index (χ0v) is 19.6. The van der Waals surface area contributed by atoms with Crippen LogP contribution < -0.4 is 5.73 Å². The topological polar surface area (TPSA) is 98.9 Å². The van der Waals surface area contributed by atoms with Crippen molar-refractivity contribution in [2.45, 2.75) is 91.1 Å². The second-order valence-corrected chi connectivity index (χ2v) is 8.38. The highest BCUT2D eigenvalue weighted by atomic mass is 19.1. The van der Waals surface area contributed by atoms with Crippen molar-refractivity contribution in [3.8, 4) is 0 Å². The summed E-state index contributed by atoms with van der Waals surface area (Å²) in [4.78, 5) is 39.8. The molecule has 4 atom stereocenters. The van der Waals surface area contributed by atoms with Gasteiger partial charge in [0.2, 0.25) is 12.2 Å². The van der Waals surface area contributed by atoms with E-state index in [-0.39, 0.29) is 18.1 Å². The molecule has 7 nitrogen and oxygen atoms in total. The third-order valence-electron chi connectivity index (χ3n) is 6.43. The highest BCUT2D eigenvalue weighted by molar-refractivity contribution is 5.85. The first-order valence-electron chi connectivity index (χ1n) is 11.3. The molecular formula is C24H35FN2O5. The second-order valence-electron chi connectivity index (χ2n) is 8.38. The number of amides is 1. The third-order valence-corrected chi connectivity index (χ3v) is 6.43. The number of ether oxygens (including phenoxy) is 2. The number of rotatable bonds is 9. The van der Waals surface area contributed by atoms with Crippen molar-refractivity contribution in [1.82, 2.24) is 4.90 Å². The van der Waals surface area contributed by atoms with Gasteiger partial charge in [0.15, 0.2) is 0 Å². The molecule has 32 heavy (non-hydrogen) atoms. The Kier molecular flexibility index (Phi) is 8.78. The van der Waals surface area contributed by atoms with Crippen LogP contribution in [0.3, 0.4) is 0 Å². The highest BCUT2D eigenvalue weighted by Crippen LogP contribution is 2.47. The van der Waals surface area contributed by atoms with Gasteiger partial charge in [-0.15, -0.1) is 0 Å². The lowest BCUT2D eigenvalue weighted by atomic mass is 9.74. The Hall–Kier alpha value is -2.48. The Balaban J connectivity index is 2.42. The fourth-order valence-electron chi connectivity index (χ4n) is 4.64. The summed E-state index contributed by atoms with van der Waals surface area (Å²) in [6.45, 7) is 8.50. The van der Waals surface area contributed by atoms with E-state index in [1.54, 1.807) is 30.9 Å². The van der Waals surface area contributed by atoms with Gasteiger partial charge in [-0.05, 0) is 50.3 Å². The lowest BCUT2D eigenvalue weighted by molar-refractivity contribution is -0.195. The zero-order valence-electron chi connectivity index (χ0n) is 19.6. The van der Waals surface area contributed by atoms with E-state index in [1.807, 2.05) is 13.8 Å². The summed E-state index contributed by atoms with van der Waals surface area (Å²) < 4.78 is 24.6. The number of carbonyl (C=O) groups excluding carboxylic acids is 3. The highest BCUT2D eigenvalue weighted by Gasteiger charge is 2.53. The Morgan fingerprint density at radius 3 is 2.34 bits per heavy atom. The summed E-state index contributed by atoms with van der Waals surface area (Å²) in [6, 6.07) is 4.50. The van der Waals surface area contributed by atoms with Gasteiger partial charge in [-0.1, -0.05) is 32.9 Å².